The molecule has 0 saturated carbocycles. The van der Waals surface area contributed by atoms with Crippen LogP contribution < -0.4 is 10.2 Å². The fourth-order valence-corrected chi connectivity index (χ4v) is 2.90. The molecular formula is C19H25FN6. The number of nitrogens with zero attached hydrogens (tertiary/aromatic N) is 5. The molecule has 0 atom stereocenters. The molecule has 0 aliphatic carbocycles. The first-order valence-corrected chi connectivity index (χ1v) is 8.97. The molecule has 2 aromatic rings. The first kappa shape index (κ1) is 18.1. The number of hydrogen-bond acceptors (Lipinski definition) is 4. The molecule has 1 N–H and O–H groups in total. The fourth-order valence-electron chi connectivity index (χ4n) is 2.90. The van der Waals surface area contributed by atoms with Crippen molar-refractivity contribution in [1.29, 1.82) is 0 Å². The van der Waals surface area contributed by atoms with E-state index in [2.05, 4.69) is 32.0 Å². The van der Waals surface area contributed by atoms with E-state index in [9.17, 15) is 4.39 Å². The maximum absolute atomic E-state index is 13.7. The van der Waals surface area contributed by atoms with Crippen LogP contribution in [0.4, 0.5) is 10.3 Å². The summed E-state index contributed by atoms with van der Waals surface area (Å²) >= 11 is 0. The van der Waals surface area contributed by atoms with Crippen molar-refractivity contribution in [3.63, 3.8) is 0 Å². The van der Waals surface area contributed by atoms with E-state index in [0.717, 1.165) is 50.2 Å². The van der Waals surface area contributed by atoms with E-state index in [1.807, 2.05) is 12.1 Å². The van der Waals surface area contributed by atoms with Crippen LogP contribution in [0.3, 0.4) is 0 Å². The van der Waals surface area contributed by atoms with E-state index in [1.54, 1.807) is 31.5 Å². The number of piperazine rings is 1. The molecule has 138 valence electrons. The molecule has 0 radical (unpaired) electrons. The second kappa shape index (κ2) is 8.60. The minimum Gasteiger partial charge on any atom is -0.357 e. The van der Waals surface area contributed by atoms with Gasteiger partial charge < -0.3 is 15.1 Å². The molecular weight excluding hydrogens is 331 g/mol. The highest BCUT2D eigenvalue weighted by Crippen LogP contribution is 2.12. The Balaban J connectivity index is 1.63. The fraction of sp³-hybridized carbons (Fsp3) is 0.421. The normalized spacial score (nSPS) is 15.3. The minimum absolute atomic E-state index is 0.181. The van der Waals surface area contributed by atoms with Crippen LogP contribution in [0.2, 0.25) is 0 Å². The third-order valence-corrected chi connectivity index (χ3v) is 4.40. The number of halogens is 1. The molecule has 26 heavy (non-hydrogen) atoms. The van der Waals surface area contributed by atoms with Gasteiger partial charge in [0.05, 0.1) is 6.54 Å². The quantitative estimate of drug-likeness (QED) is 0.672. The average molecular weight is 356 g/mol. The van der Waals surface area contributed by atoms with Crippen molar-refractivity contribution in [2.24, 2.45) is 4.99 Å². The Morgan fingerprint density at radius 2 is 1.92 bits per heavy atom. The van der Waals surface area contributed by atoms with Crippen LogP contribution in [0.15, 0.2) is 41.7 Å². The van der Waals surface area contributed by atoms with Crippen LogP contribution in [-0.4, -0.2) is 53.6 Å². The molecule has 6 nitrogen and oxygen atoms in total. The second-order valence-electron chi connectivity index (χ2n) is 6.28. The summed E-state index contributed by atoms with van der Waals surface area (Å²) in [6, 6.07) is 7.11. The van der Waals surface area contributed by atoms with Crippen molar-refractivity contribution in [2.45, 2.75) is 20.4 Å². The van der Waals surface area contributed by atoms with Crippen molar-refractivity contribution in [3.05, 3.63) is 53.6 Å². The van der Waals surface area contributed by atoms with Gasteiger partial charge in [-0.1, -0.05) is 12.1 Å². The van der Waals surface area contributed by atoms with Crippen LogP contribution in [0.1, 0.15) is 18.1 Å². The van der Waals surface area contributed by atoms with Crippen LogP contribution in [0.25, 0.3) is 0 Å². The van der Waals surface area contributed by atoms with E-state index >= 15 is 0 Å². The number of nitrogens with one attached hydrogen (secondary N) is 1. The van der Waals surface area contributed by atoms with Gasteiger partial charge in [0.15, 0.2) is 5.96 Å². The third kappa shape index (κ3) is 4.47. The molecule has 1 aliphatic heterocycles. The summed E-state index contributed by atoms with van der Waals surface area (Å²) in [7, 11) is 0. The molecule has 1 aromatic heterocycles. The highest BCUT2D eigenvalue weighted by atomic mass is 19.1. The number of hydrogen-bond donors (Lipinski definition) is 1. The van der Waals surface area contributed by atoms with Crippen LogP contribution in [-0.2, 0) is 6.54 Å². The maximum atomic E-state index is 13.7. The zero-order valence-corrected chi connectivity index (χ0v) is 15.3. The molecule has 0 spiro atoms. The minimum atomic E-state index is -0.181. The van der Waals surface area contributed by atoms with Crippen molar-refractivity contribution >= 4 is 11.9 Å². The van der Waals surface area contributed by atoms with Crippen LogP contribution >= 0.6 is 0 Å². The largest absolute Gasteiger partial charge is 0.357 e. The molecule has 1 fully saturated rings. The lowest BCUT2D eigenvalue weighted by molar-refractivity contribution is 0.370. The van der Waals surface area contributed by atoms with Gasteiger partial charge in [0, 0.05) is 45.1 Å². The number of aliphatic imine (C=N–C) groups is 1. The van der Waals surface area contributed by atoms with Crippen molar-refractivity contribution < 1.29 is 4.39 Å². The van der Waals surface area contributed by atoms with Gasteiger partial charge in [-0.15, -0.1) is 0 Å². The molecule has 0 amide bonds. The lowest BCUT2D eigenvalue weighted by Crippen LogP contribution is -2.52. The van der Waals surface area contributed by atoms with E-state index in [-0.39, 0.29) is 5.82 Å². The highest BCUT2D eigenvalue weighted by Gasteiger charge is 2.21. The second-order valence-corrected chi connectivity index (χ2v) is 6.28. The first-order valence-electron chi connectivity index (χ1n) is 8.97. The van der Waals surface area contributed by atoms with Crippen molar-refractivity contribution in [2.75, 3.05) is 37.6 Å². The predicted octanol–water partition coefficient (Wildman–Crippen LogP) is 2.21. The summed E-state index contributed by atoms with van der Waals surface area (Å²) in [5.41, 5.74) is 1.53. The molecule has 1 aliphatic rings. The lowest BCUT2D eigenvalue weighted by atomic mass is 10.1. The van der Waals surface area contributed by atoms with Gasteiger partial charge in [-0.05, 0) is 37.1 Å². The lowest BCUT2D eigenvalue weighted by Gasteiger charge is -2.36. The number of anilines is 1. The molecule has 7 heteroatoms. The van der Waals surface area contributed by atoms with Gasteiger partial charge in [0.2, 0.25) is 5.95 Å². The van der Waals surface area contributed by atoms with Crippen LogP contribution in [0.5, 0.6) is 0 Å². The predicted molar refractivity (Wildman–Crippen MR) is 102 cm³/mol. The Morgan fingerprint density at radius 3 is 2.58 bits per heavy atom. The van der Waals surface area contributed by atoms with Gasteiger partial charge in [0.1, 0.15) is 5.82 Å². The summed E-state index contributed by atoms with van der Waals surface area (Å²) in [6.45, 7) is 8.43. The smallest absolute Gasteiger partial charge is 0.225 e. The SMILES string of the molecule is CCNC(=NCc1ccc(C)c(F)c1)N1CCN(c2ncccn2)CC1. The Labute approximate surface area is 153 Å². The molecule has 1 saturated heterocycles. The van der Waals surface area contributed by atoms with Gasteiger partial charge >= 0.3 is 0 Å². The third-order valence-electron chi connectivity index (χ3n) is 4.40. The van der Waals surface area contributed by atoms with E-state index in [4.69, 9.17) is 4.99 Å². The summed E-state index contributed by atoms with van der Waals surface area (Å²) in [5, 5.41) is 3.34. The van der Waals surface area contributed by atoms with Crippen molar-refractivity contribution in [1.82, 2.24) is 20.2 Å². The standard InChI is InChI=1S/C19H25FN6/c1-3-21-18(24-14-16-6-5-15(2)17(20)13-16)25-9-11-26(12-10-25)19-22-7-4-8-23-19/h4-8,13H,3,9-12,14H2,1-2H3,(H,21,24). The number of rotatable bonds is 4. The average Bonchev–Trinajstić information content (AvgIpc) is 2.68. The van der Waals surface area contributed by atoms with Gasteiger partial charge in [-0.25, -0.2) is 19.4 Å². The molecule has 0 unspecified atom stereocenters. The maximum Gasteiger partial charge on any atom is 0.225 e. The summed E-state index contributed by atoms with van der Waals surface area (Å²) in [5.74, 6) is 1.45. The topological polar surface area (TPSA) is 56.7 Å². The zero-order chi connectivity index (χ0) is 18.4. The van der Waals surface area contributed by atoms with Crippen LogP contribution in [0, 0.1) is 12.7 Å². The van der Waals surface area contributed by atoms with Gasteiger partial charge in [-0.3, -0.25) is 0 Å². The summed E-state index contributed by atoms with van der Waals surface area (Å²) < 4.78 is 13.7. The number of benzene rings is 1. The number of guanidine groups is 1. The molecule has 1 aromatic carbocycles. The highest BCUT2D eigenvalue weighted by molar-refractivity contribution is 5.80. The zero-order valence-electron chi connectivity index (χ0n) is 15.3. The molecule has 0 bridgehead atoms. The Bertz CT molecular complexity index is 741. The molecule has 3 rings (SSSR count). The monoisotopic (exact) mass is 356 g/mol. The van der Waals surface area contributed by atoms with Gasteiger partial charge in [-0.2, -0.15) is 0 Å². The Hall–Kier alpha value is -2.70. The summed E-state index contributed by atoms with van der Waals surface area (Å²) in [4.78, 5) is 17.7. The van der Waals surface area contributed by atoms with E-state index in [0.29, 0.717) is 12.1 Å². The molecule has 2 heterocycles. The Kier molecular flexibility index (Phi) is 5.99. The van der Waals surface area contributed by atoms with E-state index < -0.39 is 0 Å². The number of aryl methyl sites for hydroxylation is 1. The van der Waals surface area contributed by atoms with Crippen molar-refractivity contribution in [3.8, 4) is 0 Å². The summed E-state index contributed by atoms with van der Waals surface area (Å²) in [6.07, 6.45) is 3.53. The number of aromatic nitrogens is 2. The first-order chi connectivity index (χ1) is 12.7. The van der Waals surface area contributed by atoms with E-state index in [1.165, 1.54) is 0 Å². The Morgan fingerprint density at radius 1 is 1.19 bits per heavy atom. The van der Waals surface area contributed by atoms with Gasteiger partial charge in [0.25, 0.3) is 0 Å².